The Morgan fingerprint density at radius 3 is 2.85 bits per heavy atom. The van der Waals surface area contributed by atoms with Crippen LogP contribution in [-0.2, 0) is 11.2 Å². The van der Waals surface area contributed by atoms with Crippen LogP contribution in [-0.4, -0.2) is 24.0 Å². The van der Waals surface area contributed by atoms with E-state index in [0.29, 0.717) is 5.75 Å². The van der Waals surface area contributed by atoms with E-state index in [2.05, 4.69) is 28.3 Å². The number of fused-ring (bicyclic) bond motifs is 3. The van der Waals surface area contributed by atoms with Gasteiger partial charge in [-0.2, -0.15) is 0 Å². The van der Waals surface area contributed by atoms with Gasteiger partial charge < -0.3 is 10.1 Å². The Bertz CT molecular complexity index is 901. The third-order valence-corrected chi connectivity index (χ3v) is 5.32. The van der Waals surface area contributed by atoms with Crippen LogP contribution in [0.4, 0.5) is 11.4 Å². The molecule has 1 amide bonds. The number of nitro groups is 1. The largest absolute Gasteiger partial charge is 0.495 e. The first-order valence-electron chi connectivity index (χ1n) is 8.80. The molecule has 8 heteroatoms. The van der Waals surface area contributed by atoms with E-state index < -0.39 is 11.0 Å². The molecule has 1 saturated heterocycles. The van der Waals surface area contributed by atoms with Gasteiger partial charge in [0.2, 0.25) is 5.91 Å². The topological polar surface area (TPSA) is 106 Å². The van der Waals surface area contributed by atoms with Crippen molar-refractivity contribution in [2.24, 2.45) is 5.92 Å². The fraction of sp³-hybridized carbons (Fsp3) is 0.316. The summed E-state index contributed by atoms with van der Waals surface area (Å²) >= 11 is 0. The van der Waals surface area contributed by atoms with Gasteiger partial charge in [-0.25, -0.2) is 10.9 Å². The van der Waals surface area contributed by atoms with E-state index in [4.69, 9.17) is 4.74 Å². The number of aryl methyl sites for hydroxylation is 1. The molecule has 8 nitrogen and oxygen atoms in total. The van der Waals surface area contributed by atoms with Crippen LogP contribution in [0, 0.1) is 16.0 Å². The molecule has 0 spiro atoms. The van der Waals surface area contributed by atoms with Crippen LogP contribution in [0.5, 0.6) is 5.75 Å². The van der Waals surface area contributed by atoms with Crippen LogP contribution in [0.25, 0.3) is 0 Å². The van der Waals surface area contributed by atoms with Crippen molar-refractivity contribution in [2.75, 3.05) is 12.4 Å². The molecule has 3 atom stereocenters. The normalized spacial score (nSPS) is 23.2. The first-order chi connectivity index (χ1) is 13.1. The number of rotatable bonds is 4. The second-order valence-electron chi connectivity index (χ2n) is 6.78. The number of hydrogen-bond acceptors (Lipinski definition) is 6. The fourth-order valence-corrected chi connectivity index (χ4v) is 3.99. The average molecular weight is 368 g/mol. The lowest BCUT2D eigenvalue weighted by atomic mass is 9.77. The zero-order chi connectivity index (χ0) is 19.0. The third-order valence-electron chi connectivity index (χ3n) is 5.32. The molecule has 3 unspecified atom stereocenters. The maximum Gasteiger partial charge on any atom is 0.271 e. The van der Waals surface area contributed by atoms with Crippen molar-refractivity contribution in [3.63, 3.8) is 0 Å². The molecule has 2 aromatic carbocycles. The van der Waals surface area contributed by atoms with E-state index >= 15 is 0 Å². The smallest absolute Gasteiger partial charge is 0.271 e. The maximum atomic E-state index is 12.9. The minimum absolute atomic E-state index is 0.0673. The van der Waals surface area contributed by atoms with Gasteiger partial charge in [0.25, 0.3) is 5.69 Å². The summed E-state index contributed by atoms with van der Waals surface area (Å²) in [6.07, 6.45) is 1.80. The van der Waals surface area contributed by atoms with Crippen molar-refractivity contribution >= 4 is 17.3 Å². The summed E-state index contributed by atoms with van der Waals surface area (Å²) in [5.41, 5.74) is 9.04. The summed E-state index contributed by atoms with van der Waals surface area (Å²) in [5.74, 6) is 0.239. The SMILES string of the molecule is COc1ccc([N+](=O)[O-])cc1NC(=O)C1NNC2c3ccccc3CCC12. The average Bonchev–Trinajstić information content (AvgIpc) is 3.12. The quantitative estimate of drug-likeness (QED) is 0.565. The third kappa shape index (κ3) is 3.13. The number of benzene rings is 2. The van der Waals surface area contributed by atoms with E-state index in [1.165, 1.54) is 36.4 Å². The van der Waals surface area contributed by atoms with Gasteiger partial charge in [0.05, 0.1) is 23.8 Å². The second-order valence-corrected chi connectivity index (χ2v) is 6.78. The Kier molecular flexibility index (Phi) is 4.51. The molecule has 0 bridgehead atoms. The van der Waals surface area contributed by atoms with Crippen LogP contribution < -0.4 is 20.9 Å². The first kappa shape index (κ1) is 17.4. The fourth-order valence-electron chi connectivity index (χ4n) is 3.99. The number of non-ortho nitro benzene ring substituents is 1. The van der Waals surface area contributed by atoms with Crippen molar-refractivity contribution in [1.82, 2.24) is 10.9 Å². The number of nitrogens with one attached hydrogen (secondary N) is 3. The zero-order valence-electron chi connectivity index (χ0n) is 14.8. The summed E-state index contributed by atoms with van der Waals surface area (Å²) in [5, 5.41) is 13.8. The first-order valence-corrected chi connectivity index (χ1v) is 8.80. The second kappa shape index (κ2) is 6.98. The number of hydrogen-bond donors (Lipinski definition) is 3. The summed E-state index contributed by atoms with van der Waals surface area (Å²) in [7, 11) is 1.46. The molecule has 1 aliphatic carbocycles. The van der Waals surface area contributed by atoms with Crippen molar-refractivity contribution in [1.29, 1.82) is 0 Å². The molecule has 2 aromatic rings. The molecule has 0 radical (unpaired) electrons. The predicted octanol–water partition coefficient (Wildman–Crippen LogP) is 2.32. The monoisotopic (exact) mass is 368 g/mol. The van der Waals surface area contributed by atoms with E-state index in [1.54, 1.807) is 0 Å². The van der Waals surface area contributed by atoms with Crippen molar-refractivity contribution < 1.29 is 14.5 Å². The van der Waals surface area contributed by atoms with E-state index in [9.17, 15) is 14.9 Å². The molecule has 1 aliphatic heterocycles. The Hall–Kier alpha value is -2.97. The van der Waals surface area contributed by atoms with Crippen LogP contribution in [0.3, 0.4) is 0 Å². The number of ether oxygens (including phenoxy) is 1. The molecule has 4 rings (SSSR count). The summed E-state index contributed by atoms with van der Waals surface area (Å²) < 4.78 is 5.22. The number of amides is 1. The Labute approximate surface area is 156 Å². The van der Waals surface area contributed by atoms with Gasteiger partial charge in [-0.3, -0.25) is 14.9 Å². The highest BCUT2D eigenvalue weighted by Crippen LogP contribution is 2.39. The summed E-state index contributed by atoms with van der Waals surface area (Å²) in [6.45, 7) is 0. The van der Waals surface area contributed by atoms with Gasteiger partial charge in [0, 0.05) is 18.1 Å². The van der Waals surface area contributed by atoms with E-state index in [0.717, 1.165) is 12.8 Å². The van der Waals surface area contributed by atoms with E-state index in [1.807, 2.05) is 12.1 Å². The number of anilines is 1. The van der Waals surface area contributed by atoms with Gasteiger partial charge in [-0.15, -0.1) is 0 Å². The summed E-state index contributed by atoms with van der Waals surface area (Å²) in [6, 6.07) is 12.0. The number of nitrogens with zero attached hydrogens (tertiary/aromatic N) is 1. The zero-order valence-corrected chi connectivity index (χ0v) is 14.8. The lowest BCUT2D eigenvalue weighted by molar-refractivity contribution is -0.384. The maximum absolute atomic E-state index is 12.9. The molecular weight excluding hydrogens is 348 g/mol. The molecule has 0 aromatic heterocycles. The number of methoxy groups -OCH3 is 1. The summed E-state index contributed by atoms with van der Waals surface area (Å²) in [4.78, 5) is 23.4. The Morgan fingerprint density at radius 1 is 1.26 bits per heavy atom. The lowest BCUT2D eigenvalue weighted by Gasteiger charge is -2.29. The van der Waals surface area contributed by atoms with Crippen molar-refractivity contribution in [3.05, 3.63) is 63.7 Å². The van der Waals surface area contributed by atoms with Gasteiger partial charge >= 0.3 is 0 Å². The molecule has 27 heavy (non-hydrogen) atoms. The highest BCUT2D eigenvalue weighted by Gasteiger charge is 2.43. The number of carbonyl (C=O) groups is 1. The number of hydrazine groups is 1. The standard InChI is InChI=1S/C19H20N4O4/c1-27-16-9-7-12(23(25)26)10-15(16)20-19(24)18-14-8-6-11-4-2-3-5-13(11)17(14)21-22-18/h2-5,7,9-10,14,17-18,21-22H,6,8H2,1H3,(H,20,24). The molecule has 1 heterocycles. The lowest BCUT2D eigenvalue weighted by Crippen LogP contribution is -2.42. The highest BCUT2D eigenvalue weighted by atomic mass is 16.6. The van der Waals surface area contributed by atoms with Crippen LogP contribution in [0.15, 0.2) is 42.5 Å². The van der Waals surface area contributed by atoms with Gasteiger partial charge in [-0.1, -0.05) is 24.3 Å². The van der Waals surface area contributed by atoms with Crippen molar-refractivity contribution in [2.45, 2.75) is 24.9 Å². The number of nitro benzene ring substituents is 1. The van der Waals surface area contributed by atoms with Gasteiger partial charge in [0.15, 0.2) is 0 Å². The molecule has 3 N–H and O–H groups in total. The minimum Gasteiger partial charge on any atom is -0.495 e. The van der Waals surface area contributed by atoms with E-state index in [-0.39, 0.29) is 29.2 Å². The Morgan fingerprint density at radius 2 is 2.07 bits per heavy atom. The van der Waals surface area contributed by atoms with Crippen LogP contribution >= 0.6 is 0 Å². The van der Waals surface area contributed by atoms with Gasteiger partial charge in [-0.05, 0) is 30.0 Å². The molecule has 140 valence electrons. The highest BCUT2D eigenvalue weighted by molar-refractivity contribution is 5.97. The predicted molar refractivity (Wildman–Crippen MR) is 99.3 cm³/mol. The van der Waals surface area contributed by atoms with Crippen LogP contribution in [0.2, 0.25) is 0 Å². The van der Waals surface area contributed by atoms with Crippen LogP contribution in [0.1, 0.15) is 23.6 Å². The van der Waals surface area contributed by atoms with Crippen molar-refractivity contribution in [3.8, 4) is 5.75 Å². The van der Waals surface area contributed by atoms with Gasteiger partial charge in [0.1, 0.15) is 11.8 Å². The Balaban J connectivity index is 1.55. The number of carbonyl (C=O) groups excluding carboxylic acids is 1. The molecule has 0 saturated carbocycles. The molecular formula is C19H20N4O4. The minimum atomic E-state index is -0.501. The molecule has 2 aliphatic rings. The molecule has 1 fully saturated rings.